The third kappa shape index (κ3) is 4.51. The van der Waals surface area contributed by atoms with Crippen LogP contribution in [0.1, 0.15) is 24.8 Å². The minimum atomic E-state index is -0.367. The van der Waals surface area contributed by atoms with Gasteiger partial charge in [0.1, 0.15) is 10.8 Å². The summed E-state index contributed by atoms with van der Waals surface area (Å²) >= 11 is 3.43. The lowest BCUT2D eigenvalue weighted by atomic mass is 10.0. The van der Waals surface area contributed by atoms with Gasteiger partial charge in [-0.25, -0.2) is 0 Å². The Morgan fingerprint density at radius 1 is 1.37 bits per heavy atom. The highest BCUT2D eigenvalue weighted by Gasteiger charge is 2.42. The minimum Gasteiger partial charge on any atom is -0.507 e. The van der Waals surface area contributed by atoms with Crippen LogP contribution < -0.4 is 5.32 Å². The minimum absolute atomic E-state index is 0.0378. The molecule has 3 heterocycles. The second-order valence-electron chi connectivity index (χ2n) is 7.66. The number of terminal acetylenes is 1. The number of likely N-dealkylation sites (N-methyl/N-ethyl adjacent to an activating group) is 1. The summed E-state index contributed by atoms with van der Waals surface area (Å²) < 4.78 is 0. The molecule has 3 aliphatic rings. The maximum Gasteiger partial charge on any atom is 0.238 e. The number of nitrogens with one attached hydrogen (secondary N) is 1. The third-order valence-corrected chi connectivity index (χ3v) is 8.24. The van der Waals surface area contributed by atoms with Crippen molar-refractivity contribution in [3.05, 3.63) is 29.8 Å². The van der Waals surface area contributed by atoms with Crippen molar-refractivity contribution in [3.8, 4) is 18.1 Å². The first kappa shape index (κ1) is 21.2. The van der Waals surface area contributed by atoms with Crippen LogP contribution in [0.15, 0.2) is 39.5 Å². The molecule has 0 bridgehead atoms. The lowest BCUT2D eigenvalue weighted by molar-refractivity contribution is -0.125. The van der Waals surface area contributed by atoms with E-state index in [0.29, 0.717) is 19.4 Å². The van der Waals surface area contributed by atoms with E-state index in [1.165, 1.54) is 0 Å². The highest BCUT2D eigenvalue weighted by molar-refractivity contribution is 8.14. The molecule has 1 fully saturated rings. The van der Waals surface area contributed by atoms with Crippen molar-refractivity contribution in [2.75, 3.05) is 25.1 Å². The second kappa shape index (κ2) is 9.00. The van der Waals surface area contributed by atoms with Crippen LogP contribution in [0.4, 0.5) is 0 Å². The molecule has 1 amide bonds. The maximum absolute atomic E-state index is 12.7. The van der Waals surface area contributed by atoms with Crippen LogP contribution in [-0.2, 0) is 4.79 Å². The van der Waals surface area contributed by atoms with E-state index in [1.807, 2.05) is 25.2 Å². The largest absolute Gasteiger partial charge is 0.507 e. The Balaban J connectivity index is 1.30. The Hall–Kier alpha value is -2.02. The molecular formula is C21H25N5O2S2. The number of hydrogen-bond acceptors (Lipinski definition) is 8. The number of phenolic OH excluding ortho intramolecular Hbond substituents is 1. The van der Waals surface area contributed by atoms with Crippen LogP contribution in [0.5, 0.6) is 5.75 Å². The third-order valence-electron chi connectivity index (χ3n) is 5.64. The summed E-state index contributed by atoms with van der Waals surface area (Å²) in [7, 11) is 1.99. The molecule has 3 aliphatic heterocycles. The molecule has 4 rings (SSSR count). The molecule has 1 aromatic carbocycles. The van der Waals surface area contributed by atoms with Gasteiger partial charge in [-0.2, -0.15) is 10.2 Å². The number of carbonyl (C=O) groups excluding carboxylic acids is 1. The van der Waals surface area contributed by atoms with Crippen molar-refractivity contribution >= 4 is 34.5 Å². The normalized spacial score (nSPS) is 26.9. The van der Waals surface area contributed by atoms with Crippen LogP contribution in [0.3, 0.4) is 0 Å². The van der Waals surface area contributed by atoms with Crippen LogP contribution in [0, 0.1) is 12.3 Å². The quantitative estimate of drug-likeness (QED) is 0.603. The van der Waals surface area contributed by atoms with Crippen molar-refractivity contribution in [3.63, 3.8) is 0 Å². The van der Waals surface area contributed by atoms with Gasteiger partial charge >= 0.3 is 0 Å². The highest BCUT2D eigenvalue weighted by atomic mass is 32.2. The average molecular weight is 444 g/mol. The molecule has 0 saturated carbocycles. The topological polar surface area (TPSA) is 89.6 Å². The van der Waals surface area contributed by atoms with Crippen molar-refractivity contribution in [2.24, 2.45) is 15.2 Å². The monoisotopic (exact) mass is 443 g/mol. The van der Waals surface area contributed by atoms with Crippen LogP contribution in [0.2, 0.25) is 0 Å². The zero-order chi connectivity index (χ0) is 21.1. The fourth-order valence-corrected chi connectivity index (χ4v) is 6.53. The average Bonchev–Trinajstić information content (AvgIpc) is 3.15. The number of hydrogen-bond donors (Lipinski definition) is 2. The first-order chi connectivity index (χ1) is 14.5. The lowest BCUT2D eigenvalue weighted by Gasteiger charge is -2.26. The summed E-state index contributed by atoms with van der Waals surface area (Å²) in [6.07, 6.45) is 7.41. The van der Waals surface area contributed by atoms with Crippen LogP contribution >= 0.6 is 23.5 Å². The summed E-state index contributed by atoms with van der Waals surface area (Å²) in [6, 6.07) is 7.20. The van der Waals surface area contributed by atoms with Crippen molar-refractivity contribution < 1.29 is 9.90 Å². The molecule has 158 valence electrons. The Bertz CT molecular complexity index is 907. The standard InChI is InChI=1S/C21H25N5O2S2/c1-3-4-9-21(24-25-21)10-11-22-18(28)16-13-30-20(26(16)2)15-12-29-19(23-15)14-7-5-6-8-17(14)27/h1,5-8,15-16,20,27H,4,9-13H2,2H3,(H,22,28)/t15-,16?,20?/m0/s1. The van der Waals surface area contributed by atoms with E-state index in [4.69, 9.17) is 11.4 Å². The fraction of sp³-hybridized carbons (Fsp3) is 0.524. The Labute approximate surface area is 185 Å². The molecule has 30 heavy (non-hydrogen) atoms. The number of aliphatic imine (C=N–C) groups is 1. The molecule has 2 N–H and O–H groups in total. The molecule has 1 saturated heterocycles. The molecule has 9 heteroatoms. The van der Waals surface area contributed by atoms with Gasteiger partial charge in [-0.05, 0) is 19.2 Å². The number of benzene rings is 1. The van der Waals surface area contributed by atoms with Gasteiger partial charge < -0.3 is 10.4 Å². The number of rotatable bonds is 8. The lowest BCUT2D eigenvalue weighted by Crippen LogP contribution is -2.47. The molecule has 0 aliphatic carbocycles. The van der Waals surface area contributed by atoms with Gasteiger partial charge in [0.25, 0.3) is 0 Å². The number of amides is 1. The van der Waals surface area contributed by atoms with E-state index in [1.54, 1.807) is 29.6 Å². The summed E-state index contributed by atoms with van der Waals surface area (Å²) in [5.74, 6) is 4.50. The number of carbonyl (C=O) groups is 1. The summed E-state index contributed by atoms with van der Waals surface area (Å²) in [6.45, 7) is 0.547. The molecular weight excluding hydrogens is 418 g/mol. The number of para-hydroxylation sites is 1. The van der Waals surface area contributed by atoms with Gasteiger partial charge in [0.15, 0.2) is 5.66 Å². The predicted molar refractivity (Wildman–Crippen MR) is 122 cm³/mol. The molecule has 2 unspecified atom stereocenters. The SMILES string of the molecule is C#CCCC1(CCNC(=O)C2CSC([C@@H]3CSC(c4ccccc4O)=N3)N2C)N=N1. The number of nitrogens with zero attached hydrogens (tertiary/aromatic N) is 4. The maximum atomic E-state index is 12.7. The van der Waals surface area contributed by atoms with Gasteiger partial charge in [0.2, 0.25) is 5.91 Å². The van der Waals surface area contributed by atoms with Crippen molar-refractivity contribution in [2.45, 2.75) is 42.4 Å². The summed E-state index contributed by atoms with van der Waals surface area (Å²) in [5, 5.41) is 22.4. The Kier molecular flexibility index (Phi) is 6.37. The zero-order valence-corrected chi connectivity index (χ0v) is 18.5. The molecule has 1 aromatic rings. The number of phenols is 1. The van der Waals surface area contributed by atoms with E-state index in [9.17, 15) is 9.90 Å². The van der Waals surface area contributed by atoms with Crippen molar-refractivity contribution in [1.82, 2.24) is 10.2 Å². The molecule has 0 spiro atoms. The molecule has 3 atom stereocenters. The first-order valence-electron chi connectivity index (χ1n) is 10.0. The van der Waals surface area contributed by atoms with E-state index < -0.39 is 0 Å². The van der Waals surface area contributed by atoms with Gasteiger partial charge in [-0.15, -0.1) is 35.9 Å². The molecule has 0 radical (unpaired) electrons. The van der Waals surface area contributed by atoms with E-state index in [0.717, 1.165) is 28.5 Å². The van der Waals surface area contributed by atoms with Crippen LogP contribution in [-0.4, -0.2) is 69.2 Å². The number of aromatic hydroxyl groups is 1. The van der Waals surface area contributed by atoms with Crippen LogP contribution in [0.25, 0.3) is 0 Å². The summed E-state index contributed by atoms with van der Waals surface area (Å²) in [5.41, 5.74) is 0.410. The summed E-state index contributed by atoms with van der Waals surface area (Å²) in [4.78, 5) is 19.7. The van der Waals surface area contributed by atoms with Gasteiger partial charge in [-0.1, -0.05) is 12.1 Å². The Morgan fingerprint density at radius 3 is 2.90 bits per heavy atom. The molecule has 0 aromatic heterocycles. The van der Waals surface area contributed by atoms with E-state index in [2.05, 4.69) is 26.4 Å². The Morgan fingerprint density at radius 2 is 2.17 bits per heavy atom. The zero-order valence-electron chi connectivity index (χ0n) is 16.8. The van der Waals surface area contributed by atoms with Gasteiger partial charge in [-0.3, -0.25) is 14.7 Å². The molecule has 7 nitrogen and oxygen atoms in total. The van der Waals surface area contributed by atoms with E-state index in [-0.39, 0.29) is 34.8 Å². The highest BCUT2D eigenvalue weighted by Crippen LogP contribution is 2.38. The smallest absolute Gasteiger partial charge is 0.238 e. The number of thioether (sulfide) groups is 2. The fourth-order valence-electron chi connectivity index (χ4n) is 3.75. The van der Waals surface area contributed by atoms with Gasteiger partial charge in [0, 0.05) is 42.9 Å². The predicted octanol–water partition coefficient (Wildman–Crippen LogP) is 2.71. The van der Waals surface area contributed by atoms with Crippen molar-refractivity contribution in [1.29, 1.82) is 0 Å². The second-order valence-corrected chi connectivity index (χ2v) is 9.82. The first-order valence-corrected chi connectivity index (χ1v) is 12.0. The van der Waals surface area contributed by atoms with Gasteiger partial charge in [0.05, 0.1) is 17.5 Å². The van der Waals surface area contributed by atoms with E-state index >= 15 is 0 Å².